The molecule has 0 fully saturated rings. The maximum atomic E-state index is 12.6. The van der Waals surface area contributed by atoms with Crippen molar-refractivity contribution in [3.8, 4) is 17.6 Å². The number of hydrogen-bond acceptors (Lipinski definition) is 6. The lowest BCUT2D eigenvalue weighted by Gasteiger charge is -2.13. The van der Waals surface area contributed by atoms with Gasteiger partial charge in [-0.2, -0.15) is 31.9 Å². The first-order chi connectivity index (χ1) is 11.0. The average molecular weight is 363 g/mol. The third kappa shape index (κ3) is 3.53. The maximum Gasteiger partial charge on any atom is 0.534 e. The van der Waals surface area contributed by atoms with Crippen LogP contribution in [0.2, 0.25) is 0 Å². The molecule has 2 aromatic heterocycles. The monoisotopic (exact) mass is 363 g/mol. The van der Waals surface area contributed by atoms with Gasteiger partial charge >= 0.3 is 15.6 Å². The van der Waals surface area contributed by atoms with Gasteiger partial charge < -0.3 is 8.92 Å². The average Bonchev–Trinajstić information content (AvgIpc) is 2.86. The van der Waals surface area contributed by atoms with Crippen LogP contribution < -0.4 is 8.92 Å². The van der Waals surface area contributed by atoms with Gasteiger partial charge in [-0.3, -0.25) is 0 Å². The molecular weight excluding hydrogens is 351 g/mol. The number of ether oxygens (including phenoxy) is 1. The Labute approximate surface area is 135 Å². The van der Waals surface area contributed by atoms with Crippen LogP contribution in [0.25, 0.3) is 5.52 Å². The van der Waals surface area contributed by atoms with E-state index >= 15 is 0 Å². The molecule has 0 aromatic carbocycles. The van der Waals surface area contributed by atoms with Crippen molar-refractivity contribution in [3.05, 3.63) is 24.0 Å². The van der Waals surface area contributed by atoms with E-state index in [1.807, 2.05) is 13.8 Å². The van der Waals surface area contributed by atoms with Gasteiger partial charge in [0.2, 0.25) is 0 Å². The van der Waals surface area contributed by atoms with E-state index in [1.165, 1.54) is 6.20 Å². The zero-order valence-electron chi connectivity index (χ0n) is 12.5. The molecule has 2 aromatic rings. The molecular formula is C13H12F3N3O4S. The first kappa shape index (κ1) is 17.9. The minimum Gasteiger partial charge on any atom is -0.492 e. The number of nitrogens with zero attached hydrogens (tertiary/aromatic N) is 3. The fourth-order valence-electron chi connectivity index (χ4n) is 1.71. The number of fused-ring (bicyclic) bond motifs is 1. The molecule has 24 heavy (non-hydrogen) atoms. The Morgan fingerprint density at radius 1 is 1.42 bits per heavy atom. The van der Waals surface area contributed by atoms with Crippen molar-refractivity contribution >= 4 is 15.6 Å². The molecule has 2 heterocycles. The maximum absolute atomic E-state index is 12.6. The molecule has 0 radical (unpaired) electrons. The minimum absolute atomic E-state index is 0.0520. The smallest absolute Gasteiger partial charge is 0.492 e. The second-order valence-corrected chi connectivity index (χ2v) is 6.73. The van der Waals surface area contributed by atoms with Crippen LogP contribution in [0.1, 0.15) is 19.4 Å². The molecule has 0 N–H and O–H groups in total. The van der Waals surface area contributed by atoms with Gasteiger partial charge in [-0.1, -0.05) is 13.8 Å². The summed E-state index contributed by atoms with van der Waals surface area (Å²) in [5.41, 5.74) is -5.95. The SMILES string of the molecule is CC(C)COc1cc(OS(=O)(=O)C(F)(F)F)c2c(C#N)cnn2c1. The van der Waals surface area contributed by atoms with Crippen LogP contribution >= 0.6 is 0 Å². The van der Waals surface area contributed by atoms with E-state index in [-0.39, 0.29) is 29.4 Å². The van der Waals surface area contributed by atoms with Gasteiger partial charge in [0.15, 0.2) is 5.75 Å². The number of nitriles is 1. The van der Waals surface area contributed by atoms with Gasteiger partial charge in [-0.25, -0.2) is 4.52 Å². The Morgan fingerprint density at radius 3 is 2.62 bits per heavy atom. The Bertz CT molecular complexity index is 898. The molecule has 11 heteroatoms. The minimum atomic E-state index is -5.90. The summed E-state index contributed by atoms with van der Waals surface area (Å²) in [6, 6.07) is 2.68. The van der Waals surface area contributed by atoms with Crippen LogP contribution in [0.3, 0.4) is 0 Å². The van der Waals surface area contributed by atoms with Crippen LogP contribution in [-0.4, -0.2) is 30.1 Å². The van der Waals surface area contributed by atoms with Gasteiger partial charge in [-0.05, 0) is 5.92 Å². The molecule has 0 bridgehead atoms. The summed E-state index contributed by atoms with van der Waals surface area (Å²) in [4.78, 5) is 0. The lowest BCUT2D eigenvalue weighted by atomic mass is 10.2. The van der Waals surface area contributed by atoms with Gasteiger partial charge in [0, 0.05) is 6.07 Å². The second-order valence-electron chi connectivity index (χ2n) is 5.19. The fourth-order valence-corrected chi connectivity index (χ4v) is 2.17. The van der Waals surface area contributed by atoms with Crippen LogP contribution in [0, 0.1) is 17.2 Å². The van der Waals surface area contributed by atoms with Crippen molar-refractivity contribution in [1.29, 1.82) is 5.26 Å². The standard InChI is InChI=1S/C13H12F3N3O4S/c1-8(2)7-22-10-3-11(23-24(20,21)13(14,15)16)12-9(4-17)5-18-19(12)6-10/h3,5-6,8H,7H2,1-2H3. The summed E-state index contributed by atoms with van der Waals surface area (Å²) in [7, 11) is -5.90. The van der Waals surface area contributed by atoms with Crippen LogP contribution in [-0.2, 0) is 10.1 Å². The highest BCUT2D eigenvalue weighted by Crippen LogP contribution is 2.33. The van der Waals surface area contributed by atoms with E-state index in [0.29, 0.717) is 0 Å². The molecule has 0 saturated heterocycles. The molecule has 0 aliphatic rings. The Hall–Kier alpha value is -2.48. The first-order valence-corrected chi connectivity index (χ1v) is 8.01. The van der Waals surface area contributed by atoms with Crippen LogP contribution in [0.15, 0.2) is 18.5 Å². The predicted octanol–water partition coefficient (Wildman–Crippen LogP) is 2.47. The molecule has 2 rings (SSSR count). The van der Waals surface area contributed by atoms with Crippen molar-refractivity contribution in [2.75, 3.05) is 6.61 Å². The highest BCUT2D eigenvalue weighted by molar-refractivity contribution is 7.88. The predicted molar refractivity (Wildman–Crippen MR) is 75.8 cm³/mol. The summed E-state index contributed by atoms with van der Waals surface area (Å²) >= 11 is 0. The molecule has 0 aliphatic heterocycles. The van der Waals surface area contributed by atoms with Gasteiger partial charge in [0.1, 0.15) is 22.9 Å². The number of aromatic nitrogens is 2. The summed E-state index contributed by atoms with van der Waals surface area (Å²) in [6.07, 6.45) is 2.39. The van der Waals surface area contributed by atoms with Crippen molar-refractivity contribution in [3.63, 3.8) is 0 Å². The number of hydrogen-bond donors (Lipinski definition) is 0. The zero-order chi connectivity index (χ0) is 18.1. The van der Waals surface area contributed by atoms with E-state index in [2.05, 4.69) is 9.28 Å². The number of rotatable bonds is 5. The lowest BCUT2D eigenvalue weighted by molar-refractivity contribution is -0.0499. The molecule has 0 unspecified atom stereocenters. The van der Waals surface area contributed by atoms with Crippen molar-refractivity contribution in [2.45, 2.75) is 19.4 Å². The highest BCUT2D eigenvalue weighted by atomic mass is 32.2. The number of halogens is 3. The molecule has 0 amide bonds. The number of alkyl halides is 3. The van der Waals surface area contributed by atoms with E-state index in [4.69, 9.17) is 10.00 Å². The molecule has 0 atom stereocenters. The van der Waals surface area contributed by atoms with E-state index in [1.54, 1.807) is 6.07 Å². The summed E-state index contributed by atoms with van der Waals surface area (Å²) in [6.45, 7) is 3.95. The lowest BCUT2D eigenvalue weighted by Crippen LogP contribution is -2.28. The fraction of sp³-hybridized carbons (Fsp3) is 0.385. The van der Waals surface area contributed by atoms with Gasteiger partial charge in [-0.15, -0.1) is 0 Å². The highest BCUT2D eigenvalue weighted by Gasteiger charge is 2.49. The topological polar surface area (TPSA) is 93.7 Å². The Balaban J connectivity index is 2.56. The summed E-state index contributed by atoms with van der Waals surface area (Å²) in [5, 5.41) is 12.8. The van der Waals surface area contributed by atoms with Gasteiger partial charge in [0.05, 0.1) is 19.0 Å². The molecule has 0 saturated carbocycles. The largest absolute Gasteiger partial charge is 0.534 e. The molecule has 0 spiro atoms. The normalized spacial score (nSPS) is 12.4. The second kappa shape index (κ2) is 6.20. The van der Waals surface area contributed by atoms with Crippen molar-refractivity contribution in [1.82, 2.24) is 9.61 Å². The third-order valence-corrected chi connectivity index (χ3v) is 3.70. The Kier molecular flexibility index (Phi) is 4.61. The summed E-state index contributed by atoms with van der Waals surface area (Å²) in [5.74, 6) is -0.518. The van der Waals surface area contributed by atoms with Crippen molar-refractivity contribution in [2.24, 2.45) is 5.92 Å². The first-order valence-electron chi connectivity index (χ1n) is 6.60. The molecule has 0 aliphatic carbocycles. The molecule has 7 nitrogen and oxygen atoms in total. The van der Waals surface area contributed by atoms with Crippen molar-refractivity contribution < 1.29 is 30.5 Å². The number of pyridine rings is 1. The van der Waals surface area contributed by atoms with E-state index in [0.717, 1.165) is 16.8 Å². The molecule has 130 valence electrons. The third-order valence-electron chi connectivity index (χ3n) is 2.74. The zero-order valence-corrected chi connectivity index (χ0v) is 13.3. The van der Waals surface area contributed by atoms with Crippen LogP contribution in [0.4, 0.5) is 13.2 Å². The quantitative estimate of drug-likeness (QED) is 0.598. The van der Waals surface area contributed by atoms with E-state index in [9.17, 15) is 21.6 Å². The van der Waals surface area contributed by atoms with Gasteiger partial charge in [0.25, 0.3) is 0 Å². The summed E-state index contributed by atoms with van der Waals surface area (Å²) < 4.78 is 70.7. The van der Waals surface area contributed by atoms with Crippen LogP contribution in [0.5, 0.6) is 11.5 Å². The Morgan fingerprint density at radius 2 is 2.08 bits per heavy atom. The van der Waals surface area contributed by atoms with E-state index < -0.39 is 21.4 Å².